The summed E-state index contributed by atoms with van der Waals surface area (Å²) < 4.78 is 0.662. The molecule has 0 aliphatic carbocycles. The zero-order valence-corrected chi connectivity index (χ0v) is 14.3. The third-order valence-corrected chi connectivity index (χ3v) is 5.40. The molecule has 3 atom stereocenters. The van der Waals surface area contributed by atoms with Gasteiger partial charge >= 0.3 is 0 Å². The number of hydrogen-bond acceptors (Lipinski definition) is 1. The molecule has 16 heavy (non-hydrogen) atoms. The van der Waals surface area contributed by atoms with Gasteiger partial charge in [0.2, 0.25) is 0 Å². The summed E-state index contributed by atoms with van der Waals surface area (Å²) in [5, 5.41) is 0. The predicted octanol–water partition coefficient (Wildman–Crippen LogP) is 4.94. The predicted molar refractivity (Wildman–Crippen MR) is 83.2 cm³/mol. The van der Waals surface area contributed by atoms with Gasteiger partial charge in [0.15, 0.2) is 0 Å². The van der Waals surface area contributed by atoms with Crippen molar-refractivity contribution in [3.8, 4) is 0 Å². The maximum atomic E-state index is 2.69. The maximum Gasteiger partial charge on any atom is 0.0649 e. The van der Waals surface area contributed by atoms with Crippen LogP contribution in [0.25, 0.3) is 0 Å². The minimum Gasteiger partial charge on any atom is -0.286 e. The van der Waals surface area contributed by atoms with Gasteiger partial charge in [0, 0.05) is 12.1 Å². The molecule has 0 aliphatic heterocycles. The van der Waals surface area contributed by atoms with Gasteiger partial charge in [0.1, 0.15) is 0 Å². The Kier molecular flexibility index (Phi) is 8.25. The Morgan fingerprint density at radius 2 is 1.50 bits per heavy atom. The van der Waals surface area contributed by atoms with Crippen LogP contribution >= 0.6 is 22.6 Å². The fourth-order valence-electron chi connectivity index (χ4n) is 2.21. The number of alkyl halides is 1. The highest BCUT2D eigenvalue weighted by molar-refractivity contribution is 14.1. The van der Waals surface area contributed by atoms with E-state index in [4.69, 9.17) is 0 Å². The first-order valence-electron chi connectivity index (χ1n) is 6.74. The molecule has 1 unspecified atom stereocenters. The van der Waals surface area contributed by atoms with E-state index in [1.54, 1.807) is 0 Å². The lowest BCUT2D eigenvalue weighted by Gasteiger charge is -2.41. The second-order valence-corrected chi connectivity index (χ2v) is 6.94. The van der Waals surface area contributed by atoms with Crippen molar-refractivity contribution in [2.45, 2.75) is 77.4 Å². The second kappa shape index (κ2) is 7.91. The summed E-state index contributed by atoms with van der Waals surface area (Å²) in [6.07, 6.45) is 2.63. The molecule has 0 aromatic heterocycles. The standard InChI is InChI=1S/C14H30IN/c1-8-9-12(6)14(15)16(11(4)5)13(7)10(2)3/h10-14H,8-9H2,1-7H3/t12?,13-,14+/m0/s1. The lowest BCUT2D eigenvalue weighted by Crippen LogP contribution is -2.48. The number of nitrogens with zero attached hydrogens (tertiary/aromatic N) is 1. The van der Waals surface area contributed by atoms with Crippen LogP contribution in [0.2, 0.25) is 0 Å². The SMILES string of the molecule is CCCC(C)[C@H](I)N(C(C)C)[C@@H](C)C(C)C. The molecule has 0 bridgehead atoms. The molecule has 98 valence electrons. The molecule has 2 heteroatoms. The molecular formula is C14H30IN. The zero-order valence-electron chi connectivity index (χ0n) is 12.1. The Morgan fingerprint density at radius 1 is 1.00 bits per heavy atom. The van der Waals surface area contributed by atoms with Crippen LogP contribution in [0.3, 0.4) is 0 Å². The van der Waals surface area contributed by atoms with Crippen LogP contribution < -0.4 is 0 Å². The molecule has 0 amide bonds. The Labute approximate surface area is 117 Å². The van der Waals surface area contributed by atoms with Crippen molar-refractivity contribution in [1.29, 1.82) is 0 Å². The smallest absolute Gasteiger partial charge is 0.0649 e. The second-order valence-electron chi connectivity index (χ2n) is 5.66. The van der Waals surface area contributed by atoms with E-state index in [9.17, 15) is 0 Å². The molecule has 0 saturated heterocycles. The van der Waals surface area contributed by atoms with Gasteiger partial charge in [0.05, 0.1) is 4.05 Å². The van der Waals surface area contributed by atoms with Crippen molar-refractivity contribution in [2.24, 2.45) is 11.8 Å². The van der Waals surface area contributed by atoms with Crippen LogP contribution in [0.1, 0.15) is 61.3 Å². The average Bonchev–Trinajstić information content (AvgIpc) is 2.17. The van der Waals surface area contributed by atoms with Crippen LogP contribution in [0.4, 0.5) is 0 Å². The van der Waals surface area contributed by atoms with Crippen molar-refractivity contribution in [3.63, 3.8) is 0 Å². The van der Waals surface area contributed by atoms with Gasteiger partial charge in [0.25, 0.3) is 0 Å². The summed E-state index contributed by atoms with van der Waals surface area (Å²) in [6.45, 7) is 16.3. The monoisotopic (exact) mass is 339 g/mol. The van der Waals surface area contributed by atoms with Crippen LogP contribution in [0.5, 0.6) is 0 Å². The van der Waals surface area contributed by atoms with Gasteiger partial charge in [-0.15, -0.1) is 0 Å². The molecule has 0 heterocycles. The van der Waals surface area contributed by atoms with Crippen LogP contribution in [-0.2, 0) is 0 Å². The first kappa shape index (κ1) is 16.7. The number of hydrogen-bond donors (Lipinski definition) is 0. The van der Waals surface area contributed by atoms with Gasteiger partial charge < -0.3 is 0 Å². The number of rotatable bonds is 7. The summed E-state index contributed by atoms with van der Waals surface area (Å²) in [4.78, 5) is 2.69. The molecule has 0 saturated carbocycles. The van der Waals surface area contributed by atoms with Crippen molar-refractivity contribution >= 4 is 22.6 Å². The fourth-order valence-corrected chi connectivity index (χ4v) is 3.72. The molecule has 0 radical (unpaired) electrons. The molecule has 0 aromatic carbocycles. The third kappa shape index (κ3) is 4.91. The highest BCUT2D eigenvalue weighted by Gasteiger charge is 2.28. The van der Waals surface area contributed by atoms with Gasteiger partial charge in [-0.25, -0.2) is 0 Å². The Morgan fingerprint density at radius 3 is 1.81 bits per heavy atom. The van der Waals surface area contributed by atoms with Gasteiger partial charge in [-0.2, -0.15) is 0 Å². The summed E-state index contributed by atoms with van der Waals surface area (Å²) in [5.41, 5.74) is 0. The first-order valence-corrected chi connectivity index (χ1v) is 7.98. The molecule has 0 spiro atoms. The van der Waals surface area contributed by atoms with E-state index in [-0.39, 0.29) is 0 Å². The van der Waals surface area contributed by atoms with Crippen LogP contribution in [0, 0.1) is 11.8 Å². The highest BCUT2D eigenvalue weighted by atomic mass is 127. The molecule has 0 fully saturated rings. The fraction of sp³-hybridized carbons (Fsp3) is 1.00. The van der Waals surface area contributed by atoms with Crippen LogP contribution in [-0.4, -0.2) is 21.0 Å². The largest absolute Gasteiger partial charge is 0.286 e. The molecule has 0 aromatic rings. The zero-order chi connectivity index (χ0) is 12.9. The summed E-state index contributed by atoms with van der Waals surface area (Å²) in [5.74, 6) is 1.52. The topological polar surface area (TPSA) is 3.24 Å². The summed E-state index contributed by atoms with van der Waals surface area (Å²) >= 11 is 2.64. The lowest BCUT2D eigenvalue weighted by molar-refractivity contribution is 0.0989. The Balaban J connectivity index is 4.64. The first-order chi connectivity index (χ1) is 7.32. The lowest BCUT2D eigenvalue weighted by atomic mass is 9.99. The van der Waals surface area contributed by atoms with E-state index in [1.807, 2.05) is 0 Å². The Hall–Kier alpha value is 0.690. The minimum atomic E-state index is 0.638. The van der Waals surface area contributed by atoms with E-state index in [2.05, 4.69) is 76.0 Å². The average molecular weight is 339 g/mol. The maximum absolute atomic E-state index is 2.69. The molecule has 0 N–H and O–H groups in total. The normalized spacial score (nSPS) is 18.2. The number of halogens is 1. The Bertz CT molecular complexity index is 180. The van der Waals surface area contributed by atoms with E-state index in [0.717, 1.165) is 11.8 Å². The molecule has 1 nitrogen and oxygen atoms in total. The van der Waals surface area contributed by atoms with E-state index in [1.165, 1.54) is 12.8 Å². The summed E-state index contributed by atoms with van der Waals surface area (Å²) in [7, 11) is 0. The van der Waals surface area contributed by atoms with Gasteiger partial charge in [-0.3, -0.25) is 4.90 Å². The quantitative estimate of drug-likeness (QED) is 0.361. The summed E-state index contributed by atoms with van der Waals surface area (Å²) in [6, 6.07) is 1.31. The van der Waals surface area contributed by atoms with Crippen molar-refractivity contribution in [2.75, 3.05) is 0 Å². The molecule has 0 aliphatic rings. The van der Waals surface area contributed by atoms with Crippen molar-refractivity contribution in [3.05, 3.63) is 0 Å². The van der Waals surface area contributed by atoms with Crippen LogP contribution in [0.15, 0.2) is 0 Å². The van der Waals surface area contributed by atoms with Gasteiger partial charge in [-0.05, 0) is 39.0 Å². The molecule has 0 rings (SSSR count). The van der Waals surface area contributed by atoms with E-state index >= 15 is 0 Å². The van der Waals surface area contributed by atoms with Crippen molar-refractivity contribution < 1.29 is 0 Å². The minimum absolute atomic E-state index is 0.638. The third-order valence-electron chi connectivity index (χ3n) is 3.53. The van der Waals surface area contributed by atoms with E-state index in [0.29, 0.717) is 16.1 Å². The highest BCUT2D eigenvalue weighted by Crippen LogP contribution is 2.28. The molecular weight excluding hydrogens is 309 g/mol. The van der Waals surface area contributed by atoms with Crippen molar-refractivity contribution in [1.82, 2.24) is 4.90 Å². The van der Waals surface area contributed by atoms with Gasteiger partial charge in [-0.1, -0.05) is 56.7 Å². The van der Waals surface area contributed by atoms with E-state index < -0.39 is 0 Å².